The SMILES string of the molecule is Cc1ccc(N)c(C(=O)NCC(C)(C)O)n1. The van der Waals surface area contributed by atoms with Gasteiger partial charge >= 0.3 is 0 Å². The minimum atomic E-state index is -0.950. The summed E-state index contributed by atoms with van der Waals surface area (Å²) in [5, 5.41) is 12.0. The molecule has 0 aliphatic rings. The van der Waals surface area contributed by atoms with E-state index in [0.717, 1.165) is 5.69 Å². The van der Waals surface area contributed by atoms with Crippen molar-refractivity contribution in [3.63, 3.8) is 0 Å². The van der Waals surface area contributed by atoms with Gasteiger partial charge in [-0.05, 0) is 32.9 Å². The quantitative estimate of drug-likeness (QED) is 0.695. The Labute approximate surface area is 94.7 Å². The molecule has 88 valence electrons. The van der Waals surface area contributed by atoms with Gasteiger partial charge in [0.05, 0.1) is 11.3 Å². The lowest BCUT2D eigenvalue weighted by molar-refractivity contribution is 0.0692. The minimum Gasteiger partial charge on any atom is -0.397 e. The van der Waals surface area contributed by atoms with Crippen molar-refractivity contribution in [2.45, 2.75) is 26.4 Å². The molecule has 4 N–H and O–H groups in total. The molecule has 5 heteroatoms. The van der Waals surface area contributed by atoms with Crippen LogP contribution < -0.4 is 11.1 Å². The normalized spacial score (nSPS) is 11.2. The number of pyridine rings is 1. The van der Waals surface area contributed by atoms with Crippen LogP contribution in [0.25, 0.3) is 0 Å². The Morgan fingerprint density at radius 2 is 2.19 bits per heavy atom. The number of rotatable bonds is 3. The predicted octanol–water partition coefficient (Wildman–Crippen LogP) is 0.473. The standard InChI is InChI=1S/C11H17N3O2/c1-7-4-5-8(12)9(14-7)10(15)13-6-11(2,3)16/h4-5,16H,6,12H2,1-3H3,(H,13,15). The van der Waals surface area contributed by atoms with Gasteiger partial charge in [0.25, 0.3) is 5.91 Å². The van der Waals surface area contributed by atoms with Gasteiger partial charge in [-0.3, -0.25) is 4.79 Å². The average molecular weight is 223 g/mol. The Kier molecular flexibility index (Phi) is 3.49. The molecule has 0 radical (unpaired) electrons. The van der Waals surface area contributed by atoms with E-state index in [0.29, 0.717) is 5.69 Å². The van der Waals surface area contributed by atoms with Crippen molar-refractivity contribution in [3.8, 4) is 0 Å². The summed E-state index contributed by atoms with van der Waals surface area (Å²) in [6, 6.07) is 3.38. The molecular weight excluding hydrogens is 206 g/mol. The highest BCUT2D eigenvalue weighted by molar-refractivity contribution is 5.97. The Balaban J connectivity index is 2.77. The number of nitrogens with two attached hydrogens (primary N) is 1. The first kappa shape index (κ1) is 12.4. The Bertz CT molecular complexity index is 397. The van der Waals surface area contributed by atoms with Crippen LogP contribution in [-0.4, -0.2) is 28.1 Å². The molecule has 0 spiro atoms. The largest absolute Gasteiger partial charge is 0.397 e. The third kappa shape index (κ3) is 3.51. The van der Waals surface area contributed by atoms with Crippen LogP contribution in [0.15, 0.2) is 12.1 Å². The molecule has 0 bridgehead atoms. The summed E-state index contributed by atoms with van der Waals surface area (Å²) in [4.78, 5) is 15.8. The summed E-state index contributed by atoms with van der Waals surface area (Å²) in [6.07, 6.45) is 0. The predicted molar refractivity (Wildman–Crippen MR) is 62.0 cm³/mol. The Morgan fingerprint density at radius 1 is 1.56 bits per heavy atom. The zero-order chi connectivity index (χ0) is 12.3. The molecule has 0 aromatic carbocycles. The fourth-order valence-electron chi connectivity index (χ4n) is 1.13. The van der Waals surface area contributed by atoms with Crippen LogP contribution in [0.4, 0.5) is 5.69 Å². The highest BCUT2D eigenvalue weighted by atomic mass is 16.3. The molecule has 0 aliphatic heterocycles. The molecule has 1 amide bonds. The summed E-state index contributed by atoms with van der Waals surface area (Å²) in [7, 11) is 0. The number of amides is 1. The van der Waals surface area contributed by atoms with Crippen molar-refractivity contribution < 1.29 is 9.90 Å². The maximum absolute atomic E-state index is 11.7. The number of nitrogen functional groups attached to an aromatic ring is 1. The molecule has 0 saturated carbocycles. The fraction of sp³-hybridized carbons (Fsp3) is 0.455. The second kappa shape index (κ2) is 4.49. The molecule has 5 nitrogen and oxygen atoms in total. The third-order valence-electron chi connectivity index (χ3n) is 1.96. The Hall–Kier alpha value is -1.62. The molecule has 0 saturated heterocycles. The average Bonchev–Trinajstić information content (AvgIpc) is 2.17. The topological polar surface area (TPSA) is 88.2 Å². The summed E-state index contributed by atoms with van der Waals surface area (Å²) in [5.74, 6) is -0.372. The number of aliphatic hydroxyl groups is 1. The number of carbonyl (C=O) groups is 1. The molecular formula is C11H17N3O2. The van der Waals surface area contributed by atoms with Gasteiger partial charge in [-0.2, -0.15) is 0 Å². The van der Waals surface area contributed by atoms with E-state index in [2.05, 4.69) is 10.3 Å². The van der Waals surface area contributed by atoms with E-state index < -0.39 is 5.60 Å². The molecule has 0 aliphatic carbocycles. The van der Waals surface area contributed by atoms with Crippen molar-refractivity contribution in [2.75, 3.05) is 12.3 Å². The van der Waals surface area contributed by atoms with Crippen molar-refractivity contribution in [3.05, 3.63) is 23.5 Å². The summed E-state index contributed by atoms with van der Waals surface area (Å²) < 4.78 is 0. The van der Waals surface area contributed by atoms with E-state index in [9.17, 15) is 9.90 Å². The van der Waals surface area contributed by atoms with Gasteiger partial charge in [-0.25, -0.2) is 4.98 Å². The first-order chi connectivity index (χ1) is 7.29. The van der Waals surface area contributed by atoms with Crippen LogP contribution in [0.2, 0.25) is 0 Å². The van der Waals surface area contributed by atoms with Gasteiger partial charge in [0.15, 0.2) is 5.69 Å². The van der Waals surface area contributed by atoms with Gasteiger partial charge in [-0.1, -0.05) is 0 Å². The first-order valence-corrected chi connectivity index (χ1v) is 5.03. The lowest BCUT2D eigenvalue weighted by Crippen LogP contribution is -2.38. The van der Waals surface area contributed by atoms with E-state index in [1.54, 1.807) is 32.9 Å². The van der Waals surface area contributed by atoms with Gasteiger partial charge in [-0.15, -0.1) is 0 Å². The van der Waals surface area contributed by atoms with Crippen LogP contribution in [0.1, 0.15) is 30.0 Å². The minimum absolute atomic E-state index is 0.154. The Morgan fingerprint density at radius 3 is 2.75 bits per heavy atom. The number of anilines is 1. The van der Waals surface area contributed by atoms with Gasteiger partial charge in [0.2, 0.25) is 0 Å². The molecule has 1 heterocycles. The molecule has 0 fully saturated rings. The number of hydrogen-bond acceptors (Lipinski definition) is 4. The number of aromatic nitrogens is 1. The smallest absolute Gasteiger partial charge is 0.272 e. The van der Waals surface area contributed by atoms with Crippen molar-refractivity contribution in [1.29, 1.82) is 0 Å². The highest BCUT2D eigenvalue weighted by Crippen LogP contribution is 2.09. The fourth-order valence-corrected chi connectivity index (χ4v) is 1.13. The maximum atomic E-state index is 11.7. The number of nitrogens with one attached hydrogen (secondary N) is 1. The summed E-state index contributed by atoms with van der Waals surface area (Å²) in [5.41, 5.74) is 5.95. The van der Waals surface area contributed by atoms with Crippen molar-refractivity contribution in [2.24, 2.45) is 0 Å². The number of hydrogen-bond donors (Lipinski definition) is 3. The lowest BCUT2D eigenvalue weighted by Gasteiger charge is -2.17. The number of carbonyl (C=O) groups excluding carboxylic acids is 1. The van der Waals surface area contributed by atoms with E-state index in [1.165, 1.54) is 0 Å². The van der Waals surface area contributed by atoms with E-state index in [1.807, 2.05) is 0 Å². The van der Waals surface area contributed by atoms with Gasteiger partial charge in [0.1, 0.15) is 0 Å². The zero-order valence-electron chi connectivity index (χ0n) is 9.74. The first-order valence-electron chi connectivity index (χ1n) is 5.03. The molecule has 16 heavy (non-hydrogen) atoms. The molecule has 1 aromatic heterocycles. The monoisotopic (exact) mass is 223 g/mol. The number of nitrogens with zero attached hydrogens (tertiary/aromatic N) is 1. The van der Waals surface area contributed by atoms with Crippen LogP contribution >= 0.6 is 0 Å². The highest BCUT2D eigenvalue weighted by Gasteiger charge is 2.17. The maximum Gasteiger partial charge on any atom is 0.272 e. The zero-order valence-corrected chi connectivity index (χ0v) is 9.74. The van der Waals surface area contributed by atoms with E-state index in [-0.39, 0.29) is 18.1 Å². The van der Waals surface area contributed by atoms with Crippen LogP contribution in [0, 0.1) is 6.92 Å². The molecule has 0 unspecified atom stereocenters. The van der Waals surface area contributed by atoms with Gasteiger partial charge in [0, 0.05) is 12.2 Å². The lowest BCUT2D eigenvalue weighted by atomic mass is 10.1. The molecule has 1 aromatic rings. The number of aryl methyl sites for hydroxylation is 1. The van der Waals surface area contributed by atoms with Crippen molar-refractivity contribution in [1.82, 2.24) is 10.3 Å². The second-order valence-electron chi connectivity index (χ2n) is 4.39. The third-order valence-corrected chi connectivity index (χ3v) is 1.96. The van der Waals surface area contributed by atoms with Gasteiger partial charge < -0.3 is 16.2 Å². The second-order valence-corrected chi connectivity index (χ2v) is 4.39. The molecule has 0 atom stereocenters. The van der Waals surface area contributed by atoms with Crippen LogP contribution in [-0.2, 0) is 0 Å². The van der Waals surface area contributed by atoms with E-state index >= 15 is 0 Å². The van der Waals surface area contributed by atoms with Crippen LogP contribution in [0.3, 0.4) is 0 Å². The molecule has 1 rings (SSSR count). The van der Waals surface area contributed by atoms with Crippen LogP contribution in [0.5, 0.6) is 0 Å². The van der Waals surface area contributed by atoms with Crippen molar-refractivity contribution >= 4 is 11.6 Å². The van der Waals surface area contributed by atoms with E-state index in [4.69, 9.17) is 5.73 Å². The summed E-state index contributed by atoms with van der Waals surface area (Å²) >= 11 is 0. The summed E-state index contributed by atoms with van der Waals surface area (Å²) in [6.45, 7) is 5.16.